The Bertz CT molecular complexity index is 1400. The highest BCUT2D eigenvalue weighted by Crippen LogP contribution is 2.30. The molecule has 2 aromatic carbocycles. The van der Waals surface area contributed by atoms with E-state index in [0.717, 1.165) is 28.6 Å². The Hall–Kier alpha value is -3.35. The summed E-state index contributed by atoms with van der Waals surface area (Å²) in [5.41, 5.74) is 4.44. The Kier molecular flexibility index (Phi) is 11.6. The maximum atomic E-state index is 13.7. The first-order valence-corrected chi connectivity index (χ1v) is 13.9. The molecule has 0 saturated carbocycles. The molecule has 1 aromatic heterocycles. The second kappa shape index (κ2) is 14.7. The molecule has 9 nitrogen and oxygen atoms in total. The van der Waals surface area contributed by atoms with Crippen molar-refractivity contribution in [1.29, 1.82) is 0 Å². The zero-order valence-corrected chi connectivity index (χ0v) is 25.2. The van der Waals surface area contributed by atoms with Gasteiger partial charge >= 0.3 is 0 Å². The number of carbonyl (C=O) groups is 2. The second-order valence-corrected chi connectivity index (χ2v) is 10.2. The molecule has 0 unspecified atom stereocenters. The summed E-state index contributed by atoms with van der Waals surface area (Å²) in [6, 6.07) is 8.26. The number of hydrogen-bond donors (Lipinski definition) is 2. The summed E-state index contributed by atoms with van der Waals surface area (Å²) in [4.78, 5) is 28.2. The zero-order chi connectivity index (χ0) is 29.7. The van der Waals surface area contributed by atoms with Gasteiger partial charge in [0, 0.05) is 50.0 Å². The summed E-state index contributed by atoms with van der Waals surface area (Å²) in [5, 5.41) is 14.6. The van der Waals surface area contributed by atoms with E-state index in [9.17, 15) is 22.8 Å². The third-order valence-corrected chi connectivity index (χ3v) is 7.35. The molecule has 4 rings (SSSR count). The molecule has 0 atom stereocenters. The SMILES string of the molecule is CCNCCNC(=O)CN(CC(=O)N(C)N1Cc2ccc(F)cc2C1)c1cc2nn(CC(F)F)c(CC)c2cc1C.Cl. The Morgan fingerprint density at radius 2 is 1.81 bits per heavy atom. The molecule has 0 saturated heterocycles. The molecule has 2 heterocycles. The van der Waals surface area contributed by atoms with Crippen molar-refractivity contribution < 1.29 is 22.8 Å². The van der Waals surface area contributed by atoms with E-state index < -0.39 is 13.0 Å². The molecular formula is C29H39ClF3N7O2. The fourth-order valence-electron chi connectivity index (χ4n) is 5.23. The van der Waals surface area contributed by atoms with Gasteiger partial charge in [0.1, 0.15) is 12.4 Å². The Morgan fingerprint density at radius 3 is 2.50 bits per heavy atom. The van der Waals surface area contributed by atoms with Crippen LogP contribution < -0.4 is 15.5 Å². The van der Waals surface area contributed by atoms with Crippen LogP contribution in [0.15, 0.2) is 30.3 Å². The van der Waals surface area contributed by atoms with Gasteiger partial charge in [-0.3, -0.25) is 19.3 Å². The van der Waals surface area contributed by atoms with Gasteiger partial charge in [-0.2, -0.15) is 5.10 Å². The molecule has 0 spiro atoms. The van der Waals surface area contributed by atoms with Crippen LogP contribution in [0.4, 0.5) is 18.9 Å². The summed E-state index contributed by atoms with van der Waals surface area (Å²) < 4.78 is 41.5. The number of alkyl halides is 2. The van der Waals surface area contributed by atoms with Gasteiger partial charge in [0.2, 0.25) is 5.91 Å². The number of halogens is 4. The van der Waals surface area contributed by atoms with Gasteiger partial charge in [-0.25, -0.2) is 18.2 Å². The van der Waals surface area contributed by atoms with E-state index in [4.69, 9.17) is 0 Å². The van der Waals surface area contributed by atoms with Crippen LogP contribution in [-0.4, -0.2) is 77.8 Å². The largest absolute Gasteiger partial charge is 0.353 e. The summed E-state index contributed by atoms with van der Waals surface area (Å²) in [7, 11) is 1.66. The average molecular weight is 610 g/mol. The highest BCUT2D eigenvalue weighted by Gasteiger charge is 2.28. The number of nitrogens with zero attached hydrogens (tertiary/aromatic N) is 5. The predicted octanol–water partition coefficient (Wildman–Crippen LogP) is 3.65. The highest BCUT2D eigenvalue weighted by atomic mass is 35.5. The number of carbonyl (C=O) groups excluding carboxylic acids is 2. The molecule has 1 aliphatic heterocycles. The summed E-state index contributed by atoms with van der Waals surface area (Å²) >= 11 is 0. The number of rotatable bonds is 13. The van der Waals surface area contributed by atoms with Crippen molar-refractivity contribution >= 4 is 40.8 Å². The van der Waals surface area contributed by atoms with E-state index in [1.165, 1.54) is 21.8 Å². The van der Waals surface area contributed by atoms with E-state index >= 15 is 0 Å². The Morgan fingerprint density at radius 1 is 1.07 bits per heavy atom. The number of likely N-dealkylation sites (N-methyl/N-ethyl adjacent to an activating group) is 2. The quantitative estimate of drug-likeness (QED) is 0.288. The van der Waals surface area contributed by atoms with Crippen LogP contribution in [0.5, 0.6) is 0 Å². The lowest BCUT2D eigenvalue weighted by Crippen LogP contribution is -2.48. The smallest absolute Gasteiger partial charge is 0.257 e. The topological polar surface area (TPSA) is 85.7 Å². The number of nitrogens with one attached hydrogen (secondary N) is 2. The van der Waals surface area contributed by atoms with Gasteiger partial charge in [-0.15, -0.1) is 12.4 Å². The Balaban J connectivity index is 0.00000484. The minimum Gasteiger partial charge on any atom is -0.353 e. The lowest BCUT2D eigenvalue weighted by atomic mass is 10.1. The number of anilines is 1. The number of aryl methyl sites for hydroxylation is 2. The van der Waals surface area contributed by atoms with E-state index in [1.807, 2.05) is 31.8 Å². The summed E-state index contributed by atoms with van der Waals surface area (Å²) in [6.07, 6.45) is -2.01. The van der Waals surface area contributed by atoms with Gasteiger partial charge in [0.05, 0.1) is 18.6 Å². The molecule has 1 aliphatic rings. The van der Waals surface area contributed by atoms with Crippen LogP contribution in [0.2, 0.25) is 0 Å². The number of benzene rings is 2. The van der Waals surface area contributed by atoms with Gasteiger partial charge in [0.25, 0.3) is 12.3 Å². The maximum absolute atomic E-state index is 13.7. The van der Waals surface area contributed by atoms with Crippen LogP contribution in [0.1, 0.15) is 36.2 Å². The third kappa shape index (κ3) is 7.73. The minimum atomic E-state index is -2.54. The first-order chi connectivity index (χ1) is 19.6. The first-order valence-electron chi connectivity index (χ1n) is 13.9. The van der Waals surface area contributed by atoms with E-state index in [0.29, 0.717) is 49.5 Å². The number of aromatic nitrogens is 2. The zero-order valence-electron chi connectivity index (χ0n) is 24.4. The van der Waals surface area contributed by atoms with E-state index in [1.54, 1.807) is 24.1 Å². The molecule has 2 N–H and O–H groups in total. The fourth-order valence-corrected chi connectivity index (χ4v) is 5.23. The normalized spacial score (nSPS) is 12.9. The molecule has 0 aliphatic carbocycles. The van der Waals surface area contributed by atoms with Crippen molar-refractivity contribution in [3.63, 3.8) is 0 Å². The lowest BCUT2D eigenvalue weighted by Gasteiger charge is -2.32. The molecule has 0 bridgehead atoms. The molecule has 13 heteroatoms. The number of hydrazine groups is 1. The maximum Gasteiger partial charge on any atom is 0.257 e. The molecule has 42 heavy (non-hydrogen) atoms. The highest BCUT2D eigenvalue weighted by molar-refractivity contribution is 5.91. The van der Waals surface area contributed by atoms with Crippen LogP contribution in [0.3, 0.4) is 0 Å². The fraction of sp³-hybridized carbons (Fsp3) is 0.483. The van der Waals surface area contributed by atoms with Crippen molar-refractivity contribution in [3.8, 4) is 0 Å². The molecular weight excluding hydrogens is 571 g/mol. The van der Waals surface area contributed by atoms with Crippen LogP contribution in [0, 0.1) is 12.7 Å². The monoisotopic (exact) mass is 609 g/mol. The van der Waals surface area contributed by atoms with Gasteiger partial charge in [-0.05, 0) is 60.8 Å². The van der Waals surface area contributed by atoms with Gasteiger partial charge in [0.15, 0.2) is 0 Å². The molecule has 0 radical (unpaired) electrons. The summed E-state index contributed by atoms with van der Waals surface area (Å²) in [6.45, 7) is 7.75. The van der Waals surface area contributed by atoms with E-state index in [2.05, 4.69) is 15.7 Å². The Labute approximate surface area is 250 Å². The average Bonchev–Trinajstić information content (AvgIpc) is 3.49. The van der Waals surface area contributed by atoms with Crippen LogP contribution in [0.25, 0.3) is 10.9 Å². The number of fused-ring (bicyclic) bond motifs is 2. The van der Waals surface area contributed by atoms with Gasteiger partial charge < -0.3 is 15.5 Å². The van der Waals surface area contributed by atoms with Crippen LogP contribution >= 0.6 is 12.4 Å². The minimum absolute atomic E-state index is 0. The standard InChI is InChI=1S/C29H38F3N7O2.ClH/c1-5-25-23-11-19(3)26(13-24(23)35-39(25)16-27(31)32)37(17-28(40)34-10-9-33-6-2)18-29(41)36(4)38-14-20-7-8-22(30)12-21(20)15-38;/h7-8,11-13,27,33H,5-6,9-10,14-18H2,1-4H3,(H,34,40);1H. The summed E-state index contributed by atoms with van der Waals surface area (Å²) in [5.74, 6) is -0.825. The first kappa shape index (κ1) is 33.2. The van der Waals surface area contributed by atoms with Crippen molar-refractivity contribution in [2.24, 2.45) is 0 Å². The predicted molar refractivity (Wildman–Crippen MR) is 159 cm³/mol. The van der Waals surface area contributed by atoms with Crippen molar-refractivity contribution in [2.45, 2.75) is 53.3 Å². The molecule has 230 valence electrons. The molecule has 2 amide bonds. The van der Waals surface area contributed by atoms with E-state index in [-0.39, 0.29) is 43.1 Å². The number of hydrogen-bond acceptors (Lipinski definition) is 6. The molecule has 3 aromatic rings. The third-order valence-electron chi connectivity index (χ3n) is 7.35. The van der Waals surface area contributed by atoms with Crippen LogP contribution in [-0.2, 0) is 35.6 Å². The second-order valence-electron chi connectivity index (χ2n) is 10.2. The van der Waals surface area contributed by atoms with Crippen molar-refractivity contribution in [1.82, 2.24) is 30.4 Å². The van der Waals surface area contributed by atoms with Crippen molar-refractivity contribution in [2.75, 3.05) is 44.7 Å². The molecule has 0 fully saturated rings. The number of amides is 2. The lowest BCUT2D eigenvalue weighted by molar-refractivity contribution is -0.145. The van der Waals surface area contributed by atoms with Crippen molar-refractivity contribution in [3.05, 3.63) is 58.5 Å². The van der Waals surface area contributed by atoms with Gasteiger partial charge in [-0.1, -0.05) is 19.9 Å².